The minimum atomic E-state index is -4.61. The maximum atomic E-state index is 12.8. The van der Waals surface area contributed by atoms with Crippen LogP contribution in [0.1, 0.15) is 11.1 Å². The van der Waals surface area contributed by atoms with Gasteiger partial charge in [-0.15, -0.1) is 0 Å². The van der Waals surface area contributed by atoms with Crippen LogP contribution in [-0.4, -0.2) is 6.03 Å². The highest BCUT2D eigenvalue weighted by atomic mass is 35.5. The molecule has 0 fully saturated rings. The molecule has 0 aliphatic rings. The molecule has 2 aromatic rings. The summed E-state index contributed by atoms with van der Waals surface area (Å²) in [5.41, 5.74) is -0.364. The third-order valence-electron chi connectivity index (χ3n) is 2.97. The minimum absolute atomic E-state index is 0.0293. The lowest BCUT2D eigenvalue weighted by Crippen LogP contribution is -2.28. The molecule has 0 aliphatic carbocycles. The van der Waals surface area contributed by atoms with Crippen LogP contribution in [0, 0.1) is 0 Å². The van der Waals surface area contributed by atoms with Crippen molar-refractivity contribution in [2.45, 2.75) is 12.7 Å². The standard InChI is InChI=1S/C15H10Cl3F3N2O/c16-11-4-2-9(6-10(11)15(19,20)21)23-14(24)22-7-8-1-3-12(17)13(18)5-8/h1-6H,7H2,(H2,22,23,24). The van der Waals surface area contributed by atoms with Crippen molar-refractivity contribution in [3.8, 4) is 0 Å². The number of nitrogens with one attached hydrogen (secondary N) is 2. The van der Waals surface area contributed by atoms with Gasteiger partial charge in [-0.1, -0.05) is 40.9 Å². The number of alkyl halides is 3. The molecular formula is C15H10Cl3F3N2O. The summed E-state index contributed by atoms with van der Waals surface area (Å²) in [5.74, 6) is 0. The largest absolute Gasteiger partial charge is 0.417 e. The Kier molecular flexibility index (Phi) is 5.85. The van der Waals surface area contributed by atoms with Crippen molar-refractivity contribution >= 4 is 46.5 Å². The zero-order valence-electron chi connectivity index (χ0n) is 11.8. The number of halogens is 6. The molecule has 0 saturated heterocycles. The number of urea groups is 1. The van der Waals surface area contributed by atoms with Gasteiger partial charge in [0.15, 0.2) is 0 Å². The highest BCUT2D eigenvalue weighted by Gasteiger charge is 2.33. The number of carbonyl (C=O) groups excluding carboxylic acids is 1. The molecule has 0 radical (unpaired) electrons. The van der Waals surface area contributed by atoms with Crippen molar-refractivity contribution in [2.75, 3.05) is 5.32 Å². The molecule has 2 N–H and O–H groups in total. The molecule has 0 aliphatic heterocycles. The van der Waals surface area contributed by atoms with Gasteiger partial charge in [-0.2, -0.15) is 13.2 Å². The molecule has 0 unspecified atom stereocenters. The van der Waals surface area contributed by atoms with E-state index in [1.54, 1.807) is 18.2 Å². The van der Waals surface area contributed by atoms with Gasteiger partial charge in [0.05, 0.1) is 20.6 Å². The lowest BCUT2D eigenvalue weighted by molar-refractivity contribution is -0.137. The molecule has 3 nitrogen and oxygen atoms in total. The Bertz CT molecular complexity index is 766. The molecule has 0 heterocycles. The van der Waals surface area contributed by atoms with Crippen LogP contribution in [0.15, 0.2) is 36.4 Å². The zero-order chi connectivity index (χ0) is 17.9. The monoisotopic (exact) mass is 396 g/mol. The van der Waals surface area contributed by atoms with Gasteiger partial charge in [-0.05, 0) is 35.9 Å². The van der Waals surface area contributed by atoms with Gasteiger partial charge >= 0.3 is 12.2 Å². The molecule has 128 valence electrons. The molecule has 2 aromatic carbocycles. The maximum absolute atomic E-state index is 12.8. The van der Waals surface area contributed by atoms with Crippen LogP contribution in [0.5, 0.6) is 0 Å². The van der Waals surface area contributed by atoms with Gasteiger partial charge in [0.25, 0.3) is 0 Å². The van der Waals surface area contributed by atoms with Gasteiger partial charge in [-0.25, -0.2) is 4.79 Å². The first kappa shape index (κ1) is 18.7. The van der Waals surface area contributed by atoms with E-state index >= 15 is 0 Å². The molecule has 24 heavy (non-hydrogen) atoms. The van der Waals surface area contributed by atoms with Crippen molar-refractivity contribution in [1.29, 1.82) is 0 Å². The van der Waals surface area contributed by atoms with E-state index in [0.717, 1.165) is 12.1 Å². The summed E-state index contributed by atoms with van der Waals surface area (Å²) in [4.78, 5) is 11.8. The number of hydrogen-bond donors (Lipinski definition) is 2. The minimum Gasteiger partial charge on any atom is -0.334 e. The topological polar surface area (TPSA) is 41.1 Å². The number of carbonyl (C=O) groups is 1. The van der Waals surface area contributed by atoms with Crippen LogP contribution < -0.4 is 10.6 Å². The Hall–Kier alpha value is -1.63. The number of rotatable bonds is 3. The molecule has 2 amide bonds. The second kappa shape index (κ2) is 7.51. The van der Waals surface area contributed by atoms with Crippen LogP contribution in [-0.2, 0) is 12.7 Å². The number of hydrogen-bond acceptors (Lipinski definition) is 1. The highest BCUT2D eigenvalue weighted by molar-refractivity contribution is 6.42. The molecule has 0 saturated carbocycles. The second-order valence-electron chi connectivity index (χ2n) is 4.75. The summed E-state index contributed by atoms with van der Waals surface area (Å²) in [5, 5.41) is 5.09. The summed E-state index contributed by atoms with van der Waals surface area (Å²) < 4.78 is 38.3. The molecule has 0 spiro atoms. The first-order valence-electron chi connectivity index (χ1n) is 6.52. The van der Waals surface area contributed by atoms with E-state index in [0.29, 0.717) is 15.6 Å². The average molecular weight is 398 g/mol. The molecule has 9 heteroatoms. The molecule has 0 atom stereocenters. The third-order valence-corrected chi connectivity index (χ3v) is 4.04. The first-order valence-corrected chi connectivity index (χ1v) is 7.66. The van der Waals surface area contributed by atoms with E-state index in [4.69, 9.17) is 34.8 Å². The van der Waals surface area contributed by atoms with E-state index in [1.165, 1.54) is 6.07 Å². The Morgan fingerprint density at radius 3 is 2.25 bits per heavy atom. The van der Waals surface area contributed by atoms with Crippen molar-refractivity contribution < 1.29 is 18.0 Å². The van der Waals surface area contributed by atoms with Crippen molar-refractivity contribution in [2.24, 2.45) is 0 Å². The fourth-order valence-electron chi connectivity index (χ4n) is 1.83. The smallest absolute Gasteiger partial charge is 0.334 e. The van der Waals surface area contributed by atoms with Gasteiger partial charge in [0.2, 0.25) is 0 Å². The fourth-order valence-corrected chi connectivity index (χ4v) is 2.37. The van der Waals surface area contributed by atoms with Gasteiger partial charge < -0.3 is 10.6 Å². The SMILES string of the molecule is O=C(NCc1ccc(Cl)c(Cl)c1)Nc1ccc(Cl)c(C(F)(F)F)c1. The predicted molar refractivity (Wildman–Crippen MR) is 88.8 cm³/mol. The van der Waals surface area contributed by atoms with Crippen molar-refractivity contribution in [3.05, 3.63) is 62.6 Å². The quantitative estimate of drug-likeness (QED) is 0.656. The first-order chi connectivity index (χ1) is 11.2. The van der Waals surface area contributed by atoms with Gasteiger partial charge in [0, 0.05) is 12.2 Å². The number of benzene rings is 2. The fraction of sp³-hybridized carbons (Fsp3) is 0.133. The van der Waals surface area contributed by atoms with E-state index in [9.17, 15) is 18.0 Å². The van der Waals surface area contributed by atoms with Gasteiger partial charge in [0.1, 0.15) is 0 Å². The second-order valence-corrected chi connectivity index (χ2v) is 5.97. The lowest BCUT2D eigenvalue weighted by atomic mass is 10.2. The third kappa shape index (κ3) is 4.93. The van der Waals surface area contributed by atoms with Gasteiger partial charge in [-0.3, -0.25) is 0 Å². The predicted octanol–water partition coefficient (Wildman–Crippen LogP) is 5.99. The molecule has 2 rings (SSSR count). The van der Waals surface area contributed by atoms with E-state index in [1.807, 2.05) is 0 Å². The number of amides is 2. The van der Waals surface area contributed by atoms with Crippen LogP contribution >= 0.6 is 34.8 Å². The Morgan fingerprint density at radius 2 is 1.62 bits per heavy atom. The summed E-state index contributed by atoms with van der Waals surface area (Å²) in [7, 11) is 0. The highest BCUT2D eigenvalue weighted by Crippen LogP contribution is 2.36. The van der Waals surface area contributed by atoms with Crippen LogP contribution in [0.4, 0.5) is 23.7 Å². The Morgan fingerprint density at radius 1 is 0.958 bits per heavy atom. The summed E-state index contributed by atoms with van der Waals surface area (Å²) in [6, 6.07) is 7.26. The summed E-state index contributed by atoms with van der Waals surface area (Å²) >= 11 is 17.1. The molecule has 0 bridgehead atoms. The van der Waals surface area contributed by atoms with E-state index in [2.05, 4.69) is 10.6 Å². The average Bonchev–Trinajstić information content (AvgIpc) is 2.49. The van der Waals surface area contributed by atoms with E-state index in [-0.39, 0.29) is 12.2 Å². The van der Waals surface area contributed by atoms with Crippen molar-refractivity contribution in [1.82, 2.24) is 5.32 Å². The normalized spacial score (nSPS) is 11.2. The maximum Gasteiger partial charge on any atom is 0.417 e. The number of anilines is 1. The Balaban J connectivity index is 2.01. The lowest BCUT2D eigenvalue weighted by Gasteiger charge is -2.12. The summed E-state index contributed by atoms with van der Waals surface area (Å²) in [6.45, 7) is 0.127. The molecular weight excluding hydrogens is 388 g/mol. The van der Waals surface area contributed by atoms with Crippen LogP contribution in [0.2, 0.25) is 15.1 Å². The van der Waals surface area contributed by atoms with Crippen molar-refractivity contribution in [3.63, 3.8) is 0 Å². The summed E-state index contributed by atoms with van der Waals surface area (Å²) in [6.07, 6.45) is -4.61. The van der Waals surface area contributed by atoms with Crippen LogP contribution in [0.3, 0.4) is 0 Å². The molecule has 0 aromatic heterocycles. The van der Waals surface area contributed by atoms with Crippen LogP contribution in [0.25, 0.3) is 0 Å². The Labute approximate surface area is 150 Å². The zero-order valence-corrected chi connectivity index (χ0v) is 14.1. The van der Waals surface area contributed by atoms with E-state index < -0.39 is 22.8 Å².